The van der Waals surface area contributed by atoms with Crippen LogP contribution in [0.15, 0.2) is 48.1 Å². The summed E-state index contributed by atoms with van der Waals surface area (Å²) in [6.45, 7) is 17.3. The van der Waals surface area contributed by atoms with E-state index >= 15 is 0 Å². The van der Waals surface area contributed by atoms with Crippen molar-refractivity contribution < 1.29 is 0 Å². The van der Waals surface area contributed by atoms with Crippen LogP contribution in [0.25, 0.3) is 5.57 Å². The molecule has 1 aliphatic heterocycles. The molecule has 0 saturated carbocycles. The second-order valence-corrected chi connectivity index (χ2v) is 7.04. The van der Waals surface area contributed by atoms with Crippen molar-refractivity contribution in [3.8, 4) is 0 Å². The number of aromatic nitrogens is 3. The van der Waals surface area contributed by atoms with Crippen molar-refractivity contribution in [2.45, 2.75) is 46.6 Å². The number of hydrogen-bond donors (Lipinski definition) is 0. The topological polar surface area (TPSA) is 43.1 Å². The highest BCUT2D eigenvalue weighted by atomic mass is 15.3. The van der Waals surface area contributed by atoms with E-state index in [-0.39, 0.29) is 5.92 Å². The second-order valence-electron chi connectivity index (χ2n) is 7.04. The van der Waals surface area contributed by atoms with Gasteiger partial charge in [-0.15, -0.1) is 10.2 Å². The lowest BCUT2D eigenvalue weighted by molar-refractivity contribution is 0.391. The minimum atomic E-state index is 0.279. The van der Waals surface area contributed by atoms with Crippen LogP contribution in [0, 0.1) is 12.8 Å². The molecule has 2 aromatic rings. The van der Waals surface area contributed by atoms with Gasteiger partial charge in [-0.05, 0) is 44.2 Å². The van der Waals surface area contributed by atoms with Gasteiger partial charge >= 0.3 is 0 Å². The summed E-state index contributed by atoms with van der Waals surface area (Å²) >= 11 is 0. The fraction of sp³-hybridized carbons (Fsp3) is 0.381. The molecule has 0 aliphatic carbocycles. The molecule has 3 rings (SSSR count). The van der Waals surface area contributed by atoms with Crippen LogP contribution >= 0.6 is 0 Å². The Kier molecular flexibility index (Phi) is 4.71. The van der Waals surface area contributed by atoms with Crippen molar-refractivity contribution in [2.24, 2.45) is 10.9 Å². The van der Waals surface area contributed by atoms with Gasteiger partial charge in [-0.25, -0.2) is 0 Å². The van der Waals surface area contributed by atoms with E-state index in [1.54, 1.807) is 0 Å². The van der Waals surface area contributed by atoms with Gasteiger partial charge in [-0.2, -0.15) is 0 Å². The maximum absolute atomic E-state index is 4.47. The van der Waals surface area contributed by atoms with Crippen LogP contribution in [0.4, 0.5) is 0 Å². The molecule has 4 nitrogen and oxygen atoms in total. The number of rotatable bonds is 4. The normalized spacial score (nSPS) is 20.2. The standard InChI is InChI=1S/C21H26N4/c1-13(2)22-17(6)21-24-23-20-16(5)19(11-12-25(20)21)15(4)18-9-7-14(3)8-10-18/h7-10,16,19H,1,4,11-12H2,2-3,5-6H3/t16-,19?/m0/s1. The number of nitrogens with zero attached hydrogens (tertiary/aromatic N) is 4. The van der Waals surface area contributed by atoms with Crippen molar-refractivity contribution in [3.05, 3.63) is 65.9 Å². The molecule has 0 amide bonds. The zero-order valence-corrected chi connectivity index (χ0v) is 15.6. The number of allylic oxidation sites excluding steroid dienone is 2. The summed E-state index contributed by atoms with van der Waals surface area (Å²) < 4.78 is 2.20. The molecule has 0 radical (unpaired) electrons. The Bertz CT molecular complexity index is 839. The number of aliphatic imine (C=N–C) groups is 1. The smallest absolute Gasteiger partial charge is 0.178 e. The maximum Gasteiger partial charge on any atom is 0.178 e. The van der Waals surface area contributed by atoms with E-state index in [0.29, 0.717) is 5.92 Å². The molecular weight excluding hydrogens is 308 g/mol. The average molecular weight is 334 g/mol. The summed E-state index contributed by atoms with van der Waals surface area (Å²) in [6.07, 6.45) is 1.03. The molecule has 2 heterocycles. The molecule has 0 saturated heterocycles. The average Bonchev–Trinajstić information content (AvgIpc) is 3.00. The lowest BCUT2D eigenvalue weighted by Crippen LogP contribution is -2.26. The van der Waals surface area contributed by atoms with Gasteiger partial charge in [-0.3, -0.25) is 4.99 Å². The van der Waals surface area contributed by atoms with Crippen LogP contribution in [-0.4, -0.2) is 20.5 Å². The number of benzene rings is 1. The zero-order valence-electron chi connectivity index (χ0n) is 15.6. The first kappa shape index (κ1) is 17.3. The van der Waals surface area contributed by atoms with Crippen LogP contribution in [0.5, 0.6) is 0 Å². The lowest BCUT2D eigenvalue weighted by atomic mass is 9.79. The number of hydrogen-bond acceptors (Lipinski definition) is 3. The van der Waals surface area contributed by atoms with Crippen LogP contribution in [0.1, 0.15) is 55.9 Å². The van der Waals surface area contributed by atoms with Gasteiger partial charge in [0.1, 0.15) is 5.82 Å². The van der Waals surface area contributed by atoms with Gasteiger partial charge in [0.2, 0.25) is 0 Å². The summed E-state index contributed by atoms with van der Waals surface area (Å²) in [7, 11) is 0. The van der Waals surface area contributed by atoms with Gasteiger partial charge in [0.25, 0.3) is 0 Å². The van der Waals surface area contributed by atoms with Crippen molar-refractivity contribution >= 4 is 11.3 Å². The molecule has 0 N–H and O–H groups in total. The van der Waals surface area contributed by atoms with Crippen molar-refractivity contribution in [1.29, 1.82) is 0 Å². The van der Waals surface area contributed by atoms with Crippen LogP contribution < -0.4 is 0 Å². The zero-order chi connectivity index (χ0) is 18.1. The molecule has 4 heteroatoms. The van der Waals surface area contributed by atoms with Crippen LogP contribution in [-0.2, 0) is 6.54 Å². The van der Waals surface area contributed by atoms with Crippen LogP contribution in [0.3, 0.4) is 0 Å². The molecule has 130 valence electrons. The minimum absolute atomic E-state index is 0.279. The summed E-state index contributed by atoms with van der Waals surface area (Å²) in [5.74, 6) is 2.53. The largest absolute Gasteiger partial charge is 0.310 e. The third kappa shape index (κ3) is 3.34. The Labute approximate surface area is 150 Å². The molecule has 1 aromatic carbocycles. The molecule has 2 atom stereocenters. The first-order valence-electron chi connectivity index (χ1n) is 8.78. The second kappa shape index (κ2) is 6.79. The van der Waals surface area contributed by atoms with E-state index in [0.717, 1.165) is 36.0 Å². The van der Waals surface area contributed by atoms with Gasteiger partial charge in [-0.1, -0.05) is 49.9 Å². The van der Waals surface area contributed by atoms with Gasteiger partial charge in [0.05, 0.1) is 5.71 Å². The summed E-state index contributed by atoms with van der Waals surface area (Å²) in [5.41, 5.74) is 5.33. The van der Waals surface area contributed by atoms with Crippen LogP contribution in [0.2, 0.25) is 0 Å². The monoisotopic (exact) mass is 334 g/mol. The maximum atomic E-state index is 4.47. The summed E-state index contributed by atoms with van der Waals surface area (Å²) in [4.78, 5) is 4.44. The highest BCUT2D eigenvalue weighted by Crippen LogP contribution is 2.39. The van der Waals surface area contributed by atoms with E-state index in [9.17, 15) is 0 Å². The Morgan fingerprint density at radius 1 is 1.16 bits per heavy atom. The summed E-state index contributed by atoms with van der Waals surface area (Å²) in [5, 5.41) is 8.86. The van der Waals surface area contributed by atoms with E-state index in [1.165, 1.54) is 16.7 Å². The van der Waals surface area contributed by atoms with E-state index in [2.05, 4.69) is 71.0 Å². The highest BCUT2D eigenvalue weighted by Gasteiger charge is 2.32. The quantitative estimate of drug-likeness (QED) is 0.756. The minimum Gasteiger partial charge on any atom is -0.310 e. The Hall–Kier alpha value is -2.49. The summed E-state index contributed by atoms with van der Waals surface area (Å²) in [6, 6.07) is 8.62. The Balaban J connectivity index is 1.88. The molecular formula is C21H26N4. The van der Waals surface area contributed by atoms with Crippen molar-refractivity contribution in [3.63, 3.8) is 0 Å². The first-order valence-corrected chi connectivity index (χ1v) is 8.78. The molecule has 1 unspecified atom stereocenters. The van der Waals surface area contributed by atoms with E-state index in [4.69, 9.17) is 0 Å². The molecule has 1 aliphatic rings. The Morgan fingerprint density at radius 2 is 1.84 bits per heavy atom. The predicted octanol–water partition coefficient (Wildman–Crippen LogP) is 4.77. The SMILES string of the molecule is C=C(C)N=C(C)c1nnc2n1CCC(C(=C)c1ccc(C)cc1)[C@@H]2C. The molecule has 1 aromatic heterocycles. The molecule has 0 fully saturated rings. The fourth-order valence-electron chi connectivity index (χ4n) is 3.63. The first-order chi connectivity index (χ1) is 11.9. The molecule has 25 heavy (non-hydrogen) atoms. The predicted molar refractivity (Wildman–Crippen MR) is 104 cm³/mol. The highest BCUT2D eigenvalue weighted by molar-refractivity contribution is 5.96. The van der Waals surface area contributed by atoms with Gasteiger partial charge in [0.15, 0.2) is 5.82 Å². The lowest BCUT2D eigenvalue weighted by Gasteiger charge is -2.31. The van der Waals surface area contributed by atoms with Crippen molar-refractivity contribution in [2.75, 3.05) is 0 Å². The Morgan fingerprint density at radius 3 is 2.48 bits per heavy atom. The van der Waals surface area contributed by atoms with E-state index < -0.39 is 0 Å². The number of aryl methyl sites for hydroxylation is 1. The molecule has 0 spiro atoms. The van der Waals surface area contributed by atoms with E-state index in [1.807, 2.05) is 13.8 Å². The fourth-order valence-corrected chi connectivity index (χ4v) is 3.63. The van der Waals surface area contributed by atoms with Crippen molar-refractivity contribution in [1.82, 2.24) is 14.8 Å². The number of fused-ring (bicyclic) bond motifs is 1. The third-order valence-corrected chi connectivity index (χ3v) is 5.01. The van der Waals surface area contributed by atoms with Gasteiger partial charge < -0.3 is 4.57 Å². The third-order valence-electron chi connectivity index (χ3n) is 5.01. The van der Waals surface area contributed by atoms with Gasteiger partial charge in [0, 0.05) is 18.2 Å². The molecule has 0 bridgehead atoms.